The van der Waals surface area contributed by atoms with Gasteiger partial charge in [0.05, 0.1) is 21.4 Å². The summed E-state index contributed by atoms with van der Waals surface area (Å²) in [5.74, 6) is 1.70. The zero-order valence-electron chi connectivity index (χ0n) is 27.3. The SMILES string of the molecule is CC(C)(C)N1C(=O)C(Cc2ncc(Cl)cc2CCl)c2cccnc21.CC(C)(C)N1C(=O)[C@@]2(Cc3cc(Cl)cnc3C2)c2cccnc21. The molecule has 0 aromatic carbocycles. The van der Waals surface area contributed by atoms with Gasteiger partial charge >= 0.3 is 0 Å². The van der Waals surface area contributed by atoms with Crippen molar-refractivity contribution < 1.29 is 9.59 Å². The largest absolute Gasteiger partial charge is 0.291 e. The second-order valence-corrected chi connectivity index (χ2v) is 15.4. The molecule has 6 heterocycles. The van der Waals surface area contributed by atoms with Crippen LogP contribution in [0, 0.1) is 0 Å². The summed E-state index contributed by atoms with van der Waals surface area (Å²) in [6, 6.07) is 11.5. The van der Waals surface area contributed by atoms with Crippen LogP contribution >= 0.6 is 34.8 Å². The van der Waals surface area contributed by atoms with Crippen molar-refractivity contribution in [1.82, 2.24) is 19.9 Å². The Bertz CT molecular complexity index is 1890. The van der Waals surface area contributed by atoms with Gasteiger partial charge in [-0.05, 0) is 83.4 Å². The molecule has 0 saturated heterocycles. The molecule has 4 aromatic heterocycles. The molecule has 0 bridgehead atoms. The summed E-state index contributed by atoms with van der Waals surface area (Å²) in [7, 11) is 0. The van der Waals surface area contributed by atoms with E-state index in [2.05, 4.69) is 19.9 Å². The molecule has 47 heavy (non-hydrogen) atoms. The summed E-state index contributed by atoms with van der Waals surface area (Å²) in [5, 5.41) is 1.16. The summed E-state index contributed by atoms with van der Waals surface area (Å²) in [4.78, 5) is 47.9. The zero-order chi connectivity index (χ0) is 33.9. The fraction of sp³-hybridized carbons (Fsp3) is 0.389. The minimum atomic E-state index is -0.586. The van der Waals surface area contributed by atoms with E-state index in [0.717, 1.165) is 45.3 Å². The maximum absolute atomic E-state index is 13.4. The zero-order valence-corrected chi connectivity index (χ0v) is 29.6. The molecule has 1 spiro atoms. The standard InChI is InChI=1S/C18H19Cl2N3O.C18H18ClN3O/c1-18(2,3)23-16-13(5-4-6-21-16)14(17(23)24)8-15-11(9-19)7-12(20)10-22-15;1-17(2,3)22-15-13(5-4-6-20-15)18(16(22)23)8-11-7-12(19)10-21-14(11)9-18/h4-7,10,14H,8-9H2,1-3H3;4-7,10H,8-9H2,1-3H3/t;18-/m.1/s1. The number of nitrogens with zero attached hydrogens (tertiary/aromatic N) is 6. The van der Waals surface area contributed by atoms with Gasteiger partial charge in [0.1, 0.15) is 11.6 Å². The Morgan fingerprint density at radius 1 is 0.830 bits per heavy atom. The van der Waals surface area contributed by atoms with Gasteiger partial charge in [-0.3, -0.25) is 29.4 Å². The third kappa shape index (κ3) is 5.89. The Labute approximate surface area is 290 Å². The summed E-state index contributed by atoms with van der Waals surface area (Å²) < 4.78 is 0. The number of alkyl halides is 1. The van der Waals surface area contributed by atoms with Crippen LogP contribution in [-0.2, 0) is 40.1 Å². The molecule has 2 amide bonds. The average Bonchev–Trinajstić information content (AvgIpc) is 3.61. The molecular weight excluding hydrogens is 655 g/mol. The number of pyridine rings is 4. The predicted octanol–water partition coefficient (Wildman–Crippen LogP) is 7.65. The van der Waals surface area contributed by atoms with E-state index in [-0.39, 0.29) is 28.8 Å². The van der Waals surface area contributed by atoms with Gasteiger partial charge in [0.25, 0.3) is 0 Å². The van der Waals surface area contributed by atoms with Gasteiger partial charge in [-0.15, -0.1) is 11.6 Å². The molecule has 0 radical (unpaired) electrons. The number of anilines is 2. The van der Waals surface area contributed by atoms with Crippen molar-refractivity contribution in [2.75, 3.05) is 9.80 Å². The quantitative estimate of drug-likeness (QED) is 0.205. The van der Waals surface area contributed by atoms with Crippen LogP contribution in [-0.4, -0.2) is 42.8 Å². The highest BCUT2D eigenvalue weighted by Crippen LogP contribution is 2.50. The number of carbonyl (C=O) groups excluding carboxylic acids is 2. The molecule has 3 aliphatic rings. The van der Waals surface area contributed by atoms with Crippen molar-refractivity contribution in [3.8, 4) is 0 Å². The third-order valence-corrected chi connectivity index (χ3v) is 9.65. The molecule has 4 aromatic rings. The second kappa shape index (κ2) is 12.1. The smallest absolute Gasteiger partial charge is 0.240 e. The lowest BCUT2D eigenvalue weighted by molar-refractivity contribution is -0.124. The molecule has 7 rings (SSSR count). The first-order valence-electron chi connectivity index (χ1n) is 15.6. The van der Waals surface area contributed by atoms with Crippen LogP contribution in [0.2, 0.25) is 10.0 Å². The van der Waals surface area contributed by atoms with Gasteiger partial charge in [0.2, 0.25) is 11.8 Å². The normalized spacial score (nSPS) is 19.9. The van der Waals surface area contributed by atoms with Crippen molar-refractivity contribution in [3.63, 3.8) is 0 Å². The fourth-order valence-electron chi connectivity index (χ4n) is 6.94. The number of hydrogen-bond acceptors (Lipinski definition) is 6. The van der Waals surface area contributed by atoms with Crippen molar-refractivity contribution in [1.29, 1.82) is 0 Å². The number of hydrogen-bond donors (Lipinski definition) is 0. The van der Waals surface area contributed by atoms with Crippen molar-refractivity contribution in [2.45, 2.75) is 89.1 Å². The van der Waals surface area contributed by atoms with Gasteiger partial charge in [-0.25, -0.2) is 9.97 Å². The Morgan fingerprint density at radius 2 is 1.47 bits per heavy atom. The molecule has 8 nitrogen and oxygen atoms in total. The van der Waals surface area contributed by atoms with Crippen LogP contribution in [0.3, 0.4) is 0 Å². The van der Waals surface area contributed by atoms with E-state index in [9.17, 15) is 9.59 Å². The van der Waals surface area contributed by atoms with E-state index in [4.69, 9.17) is 34.8 Å². The summed E-state index contributed by atoms with van der Waals surface area (Å²) in [5.41, 5.74) is 4.40. The molecule has 1 aliphatic carbocycles. The summed E-state index contributed by atoms with van der Waals surface area (Å²) >= 11 is 18.1. The van der Waals surface area contributed by atoms with E-state index in [1.165, 1.54) is 0 Å². The molecule has 2 atom stereocenters. The van der Waals surface area contributed by atoms with Gasteiger partial charge in [-0.1, -0.05) is 35.3 Å². The first-order valence-corrected chi connectivity index (χ1v) is 16.9. The minimum Gasteiger partial charge on any atom is -0.291 e. The molecule has 1 unspecified atom stereocenters. The van der Waals surface area contributed by atoms with Gasteiger partial charge < -0.3 is 0 Å². The summed E-state index contributed by atoms with van der Waals surface area (Å²) in [6.07, 6.45) is 8.47. The molecule has 11 heteroatoms. The van der Waals surface area contributed by atoms with Crippen LogP contribution < -0.4 is 9.80 Å². The third-order valence-electron chi connectivity index (χ3n) is 8.95. The van der Waals surface area contributed by atoms with Crippen molar-refractivity contribution in [2.24, 2.45) is 0 Å². The Hall–Kier alpha value is -3.59. The maximum atomic E-state index is 13.4. The van der Waals surface area contributed by atoms with Gasteiger partial charge in [0, 0.05) is 77.1 Å². The Morgan fingerprint density at radius 3 is 2.15 bits per heavy atom. The van der Waals surface area contributed by atoms with Crippen LogP contribution in [0.4, 0.5) is 11.6 Å². The molecule has 0 fully saturated rings. The molecule has 2 aliphatic heterocycles. The Balaban J connectivity index is 0.000000164. The van der Waals surface area contributed by atoms with E-state index in [0.29, 0.717) is 35.2 Å². The van der Waals surface area contributed by atoms with Crippen LogP contribution in [0.25, 0.3) is 0 Å². The van der Waals surface area contributed by atoms with Crippen molar-refractivity contribution in [3.05, 3.63) is 105 Å². The topological polar surface area (TPSA) is 92.2 Å². The number of halogens is 3. The molecule has 0 N–H and O–H groups in total. The number of rotatable bonds is 3. The van der Waals surface area contributed by atoms with E-state index in [1.807, 2.05) is 82.8 Å². The number of amides is 2. The highest BCUT2D eigenvalue weighted by atomic mass is 35.5. The number of fused-ring (bicyclic) bond motifs is 4. The lowest BCUT2D eigenvalue weighted by atomic mass is 9.79. The first-order chi connectivity index (χ1) is 22.2. The van der Waals surface area contributed by atoms with Gasteiger partial charge in [0.15, 0.2) is 0 Å². The lowest BCUT2D eigenvalue weighted by Gasteiger charge is -2.33. The average molecular weight is 692 g/mol. The monoisotopic (exact) mass is 690 g/mol. The number of aromatic nitrogens is 4. The van der Waals surface area contributed by atoms with E-state index >= 15 is 0 Å². The minimum absolute atomic E-state index is 0.0495. The molecule has 0 saturated carbocycles. The lowest BCUT2D eigenvalue weighted by Crippen LogP contribution is -2.49. The van der Waals surface area contributed by atoms with Crippen molar-refractivity contribution >= 4 is 58.3 Å². The predicted molar refractivity (Wildman–Crippen MR) is 187 cm³/mol. The Kier molecular flexibility index (Phi) is 8.60. The number of carbonyl (C=O) groups is 2. The van der Waals surface area contributed by atoms with E-state index < -0.39 is 5.41 Å². The highest BCUT2D eigenvalue weighted by Gasteiger charge is 2.57. The van der Waals surface area contributed by atoms with Crippen LogP contribution in [0.1, 0.15) is 81.1 Å². The van der Waals surface area contributed by atoms with Crippen LogP contribution in [0.5, 0.6) is 0 Å². The van der Waals surface area contributed by atoms with E-state index in [1.54, 1.807) is 29.7 Å². The molecule has 244 valence electrons. The first kappa shape index (κ1) is 33.3. The maximum Gasteiger partial charge on any atom is 0.240 e. The fourth-order valence-corrected chi connectivity index (χ4v) is 7.54. The highest BCUT2D eigenvalue weighted by molar-refractivity contribution is 6.31. The second-order valence-electron chi connectivity index (χ2n) is 14.3. The summed E-state index contributed by atoms with van der Waals surface area (Å²) in [6.45, 7) is 12.2. The van der Waals surface area contributed by atoms with Crippen LogP contribution in [0.15, 0.2) is 61.2 Å². The van der Waals surface area contributed by atoms with Gasteiger partial charge in [-0.2, -0.15) is 0 Å². The molecular formula is C36H37Cl3N6O2.